The van der Waals surface area contributed by atoms with Gasteiger partial charge in [0.15, 0.2) is 0 Å². The summed E-state index contributed by atoms with van der Waals surface area (Å²) in [5.41, 5.74) is 1.94. The lowest BCUT2D eigenvalue weighted by Gasteiger charge is -2.41. The molecular formula is C18H24N4O2. The number of aromatic nitrogens is 2. The maximum atomic E-state index is 12.3. The van der Waals surface area contributed by atoms with Crippen molar-refractivity contribution in [2.75, 3.05) is 25.0 Å². The minimum Gasteiger partial charge on any atom is -0.325 e. The number of carbonyl (C=O) groups excluding carboxylic acids is 1. The summed E-state index contributed by atoms with van der Waals surface area (Å²) < 4.78 is 0. The molecule has 2 aromatic rings. The van der Waals surface area contributed by atoms with Gasteiger partial charge in [-0.15, -0.1) is 0 Å². The van der Waals surface area contributed by atoms with Crippen LogP contribution in [0.2, 0.25) is 0 Å². The maximum absolute atomic E-state index is 12.3. The largest absolute Gasteiger partial charge is 0.325 e. The summed E-state index contributed by atoms with van der Waals surface area (Å²) in [6, 6.07) is 5.41. The number of carbonyl (C=O) groups is 1. The first-order chi connectivity index (χ1) is 11.7. The molecule has 6 heteroatoms. The Hall–Kier alpha value is -2.08. The zero-order valence-electron chi connectivity index (χ0n) is 13.8. The second-order valence-electron chi connectivity index (χ2n) is 7.22. The van der Waals surface area contributed by atoms with Gasteiger partial charge < -0.3 is 15.3 Å². The predicted octanol–water partition coefficient (Wildman–Crippen LogP) is 2.31. The molecule has 1 saturated carbocycles. The number of nitrogens with one attached hydrogen (secondary N) is 3. The van der Waals surface area contributed by atoms with Crippen LogP contribution in [-0.2, 0) is 4.79 Å². The van der Waals surface area contributed by atoms with E-state index in [-0.39, 0.29) is 11.6 Å². The molecule has 6 nitrogen and oxygen atoms in total. The fourth-order valence-corrected chi connectivity index (χ4v) is 4.33. The van der Waals surface area contributed by atoms with E-state index in [1.54, 1.807) is 12.1 Å². The number of H-pyrrole nitrogens is 2. The molecule has 1 aliphatic carbocycles. The molecule has 3 N–H and O–H groups in total. The molecule has 0 radical (unpaired) electrons. The van der Waals surface area contributed by atoms with Gasteiger partial charge in [-0.3, -0.25) is 9.69 Å². The zero-order chi connectivity index (χ0) is 16.5. The molecule has 0 bridgehead atoms. The summed E-state index contributed by atoms with van der Waals surface area (Å²) in [6.07, 6.45) is 6.65. The Bertz CT molecular complexity index is 794. The predicted molar refractivity (Wildman–Crippen MR) is 94.1 cm³/mol. The van der Waals surface area contributed by atoms with Crippen molar-refractivity contribution in [1.29, 1.82) is 0 Å². The Morgan fingerprint density at radius 3 is 2.79 bits per heavy atom. The molecule has 2 aliphatic rings. The van der Waals surface area contributed by atoms with E-state index in [1.807, 2.05) is 6.07 Å². The molecule has 1 saturated heterocycles. The van der Waals surface area contributed by atoms with E-state index < -0.39 is 0 Å². The standard InChI is InChI=1S/C18H24N4O2/c23-17(11-22-8-7-12-3-1-2-4-13(12)10-22)19-14-5-6-15-16(9-14)21-18(24)20-15/h5-6,9,12-13H,1-4,7-8,10-11H2,(H,19,23)(H2,20,21,24). The second-order valence-corrected chi connectivity index (χ2v) is 7.22. The number of imidazole rings is 1. The molecule has 1 amide bonds. The highest BCUT2D eigenvalue weighted by Crippen LogP contribution is 2.35. The summed E-state index contributed by atoms with van der Waals surface area (Å²) >= 11 is 0. The van der Waals surface area contributed by atoms with E-state index in [1.165, 1.54) is 32.1 Å². The van der Waals surface area contributed by atoms with Crippen molar-refractivity contribution in [3.63, 3.8) is 0 Å². The molecule has 2 heterocycles. The number of rotatable bonds is 3. The monoisotopic (exact) mass is 328 g/mol. The highest BCUT2D eigenvalue weighted by Gasteiger charge is 2.31. The van der Waals surface area contributed by atoms with Gasteiger partial charge in [0.25, 0.3) is 0 Å². The van der Waals surface area contributed by atoms with Crippen molar-refractivity contribution < 1.29 is 4.79 Å². The average molecular weight is 328 g/mol. The van der Waals surface area contributed by atoms with Gasteiger partial charge >= 0.3 is 5.69 Å². The number of benzene rings is 1. The van der Waals surface area contributed by atoms with Gasteiger partial charge in [0.1, 0.15) is 0 Å². The maximum Gasteiger partial charge on any atom is 0.323 e. The van der Waals surface area contributed by atoms with Crippen molar-refractivity contribution in [1.82, 2.24) is 14.9 Å². The van der Waals surface area contributed by atoms with Gasteiger partial charge in [-0.1, -0.05) is 19.3 Å². The molecule has 24 heavy (non-hydrogen) atoms. The van der Waals surface area contributed by atoms with Crippen LogP contribution < -0.4 is 11.0 Å². The highest BCUT2D eigenvalue weighted by molar-refractivity contribution is 5.94. The molecule has 1 aromatic carbocycles. The first-order valence-electron chi connectivity index (χ1n) is 8.91. The van der Waals surface area contributed by atoms with Gasteiger partial charge in [0, 0.05) is 12.2 Å². The smallest absolute Gasteiger partial charge is 0.323 e. The Morgan fingerprint density at radius 1 is 1.12 bits per heavy atom. The Labute approximate surface area is 140 Å². The van der Waals surface area contributed by atoms with Crippen LogP contribution in [0.15, 0.2) is 23.0 Å². The third kappa shape index (κ3) is 3.24. The van der Waals surface area contributed by atoms with Crippen LogP contribution in [0.5, 0.6) is 0 Å². The van der Waals surface area contributed by atoms with Crippen LogP contribution >= 0.6 is 0 Å². The third-order valence-corrected chi connectivity index (χ3v) is 5.54. The molecule has 0 spiro atoms. The Balaban J connectivity index is 1.36. The van der Waals surface area contributed by atoms with Crippen LogP contribution in [0.1, 0.15) is 32.1 Å². The normalized spacial score (nSPS) is 24.7. The Morgan fingerprint density at radius 2 is 1.92 bits per heavy atom. The molecule has 1 aromatic heterocycles. The molecule has 4 rings (SSSR count). The van der Waals surface area contributed by atoms with E-state index in [9.17, 15) is 9.59 Å². The molecule has 2 unspecified atom stereocenters. The zero-order valence-corrected chi connectivity index (χ0v) is 13.8. The summed E-state index contributed by atoms with van der Waals surface area (Å²) in [5, 5.41) is 2.95. The number of aromatic amines is 2. The van der Waals surface area contributed by atoms with Crippen molar-refractivity contribution in [2.45, 2.75) is 32.1 Å². The first-order valence-corrected chi connectivity index (χ1v) is 8.91. The number of piperidine rings is 1. The van der Waals surface area contributed by atoms with Crippen LogP contribution in [-0.4, -0.2) is 40.4 Å². The number of hydrogen-bond acceptors (Lipinski definition) is 3. The van der Waals surface area contributed by atoms with E-state index in [2.05, 4.69) is 20.2 Å². The lowest BCUT2D eigenvalue weighted by atomic mass is 9.75. The SMILES string of the molecule is O=C(CN1CCC2CCCCC2C1)Nc1ccc2[nH]c(=O)[nH]c2c1. The fraction of sp³-hybridized carbons (Fsp3) is 0.556. The van der Waals surface area contributed by atoms with Crippen LogP contribution in [0.4, 0.5) is 5.69 Å². The average Bonchev–Trinajstić information content (AvgIpc) is 2.94. The molecule has 2 fully saturated rings. The number of fused-ring (bicyclic) bond motifs is 2. The molecule has 2 atom stereocenters. The van der Waals surface area contributed by atoms with Crippen LogP contribution in [0, 0.1) is 11.8 Å². The number of nitrogens with zero attached hydrogens (tertiary/aromatic N) is 1. The number of anilines is 1. The molecular weight excluding hydrogens is 304 g/mol. The van der Waals surface area contributed by atoms with E-state index in [0.717, 1.165) is 36.1 Å². The molecule has 128 valence electrons. The van der Waals surface area contributed by atoms with Crippen molar-refractivity contribution >= 4 is 22.6 Å². The lowest BCUT2D eigenvalue weighted by molar-refractivity contribution is -0.118. The quantitative estimate of drug-likeness (QED) is 0.809. The van der Waals surface area contributed by atoms with Gasteiger partial charge in [-0.25, -0.2) is 4.79 Å². The fourth-order valence-electron chi connectivity index (χ4n) is 4.33. The van der Waals surface area contributed by atoms with Gasteiger partial charge in [-0.2, -0.15) is 0 Å². The van der Waals surface area contributed by atoms with Crippen molar-refractivity contribution in [3.05, 3.63) is 28.7 Å². The van der Waals surface area contributed by atoms with Crippen molar-refractivity contribution in [3.8, 4) is 0 Å². The summed E-state index contributed by atoms with van der Waals surface area (Å²) in [5.74, 6) is 1.67. The van der Waals surface area contributed by atoms with Gasteiger partial charge in [-0.05, 0) is 49.4 Å². The van der Waals surface area contributed by atoms with Crippen LogP contribution in [0.25, 0.3) is 11.0 Å². The minimum atomic E-state index is -0.233. The second kappa shape index (κ2) is 6.43. The number of hydrogen-bond donors (Lipinski definition) is 3. The topological polar surface area (TPSA) is 81.0 Å². The summed E-state index contributed by atoms with van der Waals surface area (Å²) in [4.78, 5) is 31.3. The lowest BCUT2D eigenvalue weighted by Crippen LogP contribution is -2.44. The highest BCUT2D eigenvalue weighted by atomic mass is 16.2. The van der Waals surface area contributed by atoms with E-state index >= 15 is 0 Å². The number of likely N-dealkylation sites (tertiary alicyclic amines) is 1. The first kappa shape index (κ1) is 15.4. The van der Waals surface area contributed by atoms with E-state index in [4.69, 9.17) is 0 Å². The summed E-state index contributed by atoms with van der Waals surface area (Å²) in [7, 11) is 0. The minimum absolute atomic E-state index is 0.0153. The van der Waals surface area contributed by atoms with Gasteiger partial charge in [0.05, 0.1) is 17.6 Å². The van der Waals surface area contributed by atoms with E-state index in [0.29, 0.717) is 12.1 Å². The van der Waals surface area contributed by atoms with Gasteiger partial charge in [0.2, 0.25) is 5.91 Å². The number of amides is 1. The summed E-state index contributed by atoms with van der Waals surface area (Å²) in [6.45, 7) is 2.53. The Kier molecular flexibility index (Phi) is 4.14. The van der Waals surface area contributed by atoms with Crippen molar-refractivity contribution in [2.24, 2.45) is 11.8 Å². The molecule has 1 aliphatic heterocycles. The third-order valence-electron chi connectivity index (χ3n) is 5.54. The van der Waals surface area contributed by atoms with Crippen LogP contribution in [0.3, 0.4) is 0 Å².